The molecule has 22 heavy (non-hydrogen) atoms. The van der Waals surface area contributed by atoms with Crippen LogP contribution in [-0.2, 0) is 5.54 Å². The van der Waals surface area contributed by atoms with Gasteiger partial charge < -0.3 is 15.1 Å². The van der Waals surface area contributed by atoms with Gasteiger partial charge in [0, 0.05) is 26.2 Å². The van der Waals surface area contributed by atoms with E-state index >= 15 is 0 Å². The van der Waals surface area contributed by atoms with Crippen LogP contribution < -0.4 is 5.32 Å². The van der Waals surface area contributed by atoms with Crippen molar-refractivity contribution in [2.24, 2.45) is 0 Å². The van der Waals surface area contributed by atoms with Gasteiger partial charge in [-0.1, -0.05) is 44.2 Å². The maximum absolute atomic E-state index is 12.7. The van der Waals surface area contributed by atoms with Crippen LogP contribution in [0.15, 0.2) is 30.3 Å². The fourth-order valence-corrected chi connectivity index (χ4v) is 2.66. The van der Waals surface area contributed by atoms with Crippen LogP contribution in [0, 0.1) is 0 Å². The third-order valence-electron chi connectivity index (χ3n) is 4.47. The van der Waals surface area contributed by atoms with Gasteiger partial charge in [0.15, 0.2) is 0 Å². The largest absolute Gasteiger partial charge is 0.323 e. The Kier molecular flexibility index (Phi) is 6.88. The first kappa shape index (κ1) is 18.5. The van der Waals surface area contributed by atoms with Crippen LogP contribution in [0.25, 0.3) is 0 Å². The first-order valence-corrected chi connectivity index (χ1v) is 8.22. The number of nitrogens with zero attached hydrogens (tertiary/aromatic N) is 2. The maximum Gasteiger partial charge on any atom is 0.320 e. The molecule has 1 saturated heterocycles. The summed E-state index contributed by atoms with van der Waals surface area (Å²) in [5.41, 5.74) is 0.844. The van der Waals surface area contributed by atoms with Gasteiger partial charge in [0.25, 0.3) is 0 Å². The van der Waals surface area contributed by atoms with Crippen molar-refractivity contribution >= 4 is 6.03 Å². The topological polar surface area (TPSA) is 35.6 Å². The molecule has 0 bridgehead atoms. The molecular weight excluding hydrogens is 274 g/mol. The third kappa shape index (κ3) is 4.01. The summed E-state index contributed by atoms with van der Waals surface area (Å²) >= 11 is 0. The summed E-state index contributed by atoms with van der Waals surface area (Å²) in [7, 11) is 3.85. The molecule has 1 fully saturated rings. The van der Waals surface area contributed by atoms with Gasteiger partial charge in [0.05, 0.1) is 5.54 Å². The Morgan fingerprint density at radius 1 is 1.27 bits per heavy atom. The predicted octanol–water partition coefficient (Wildman–Crippen LogP) is 3.29. The zero-order valence-corrected chi connectivity index (χ0v) is 14.9. The number of benzene rings is 1. The SMILES string of the molecule is CC.CNC1CCN(C(=O)N(C)C(C)(C)c2ccccc2)C1. The average Bonchev–Trinajstić information content (AvgIpc) is 3.05. The Balaban J connectivity index is 0.00000116. The summed E-state index contributed by atoms with van der Waals surface area (Å²) in [5.74, 6) is 0. The second-order valence-electron chi connectivity index (χ2n) is 5.99. The molecule has 1 unspecified atom stereocenters. The van der Waals surface area contributed by atoms with Crippen LogP contribution >= 0.6 is 0 Å². The van der Waals surface area contributed by atoms with E-state index in [1.165, 1.54) is 0 Å². The standard InChI is InChI=1S/C16H25N3O.C2H6/c1-16(2,13-8-6-5-7-9-13)18(4)15(20)19-11-10-14(12-19)17-3;1-2/h5-9,14,17H,10-12H2,1-4H3;1-2H3. The van der Waals surface area contributed by atoms with Crippen molar-refractivity contribution in [2.45, 2.75) is 45.7 Å². The fraction of sp³-hybridized carbons (Fsp3) is 0.611. The molecule has 4 heteroatoms. The molecule has 4 nitrogen and oxygen atoms in total. The highest BCUT2D eigenvalue weighted by atomic mass is 16.2. The molecule has 1 N–H and O–H groups in total. The summed E-state index contributed by atoms with van der Waals surface area (Å²) in [6.45, 7) is 9.81. The van der Waals surface area contributed by atoms with Crippen molar-refractivity contribution in [1.82, 2.24) is 15.1 Å². The van der Waals surface area contributed by atoms with Crippen LogP contribution in [0.1, 0.15) is 39.7 Å². The van der Waals surface area contributed by atoms with Gasteiger partial charge >= 0.3 is 6.03 Å². The van der Waals surface area contributed by atoms with Gasteiger partial charge in [-0.25, -0.2) is 4.79 Å². The molecule has 0 radical (unpaired) electrons. The van der Waals surface area contributed by atoms with Gasteiger partial charge in [0.2, 0.25) is 0 Å². The van der Waals surface area contributed by atoms with Crippen LogP contribution in [-0.4, -0.2) is 49.1 Å². The lowest BCUT2D eigenvalue weighted by molar-refractivity contribution is 0.125. The predicted molar refractivity (Wildman–Crippen MR) is 93.0 cm³/mol. The molecule has 1 aliphatic rings. The van der Waals surface area contributed by atoms with E-state index in [0.717, 1.165) is 25.1 Å². The molecule has 0 saturated carbocycles. The number of likely N-dealkylation sites (tertiary alicyclic amines) is 1. The van der Waals surface area contributed by atoms with Crippen LogP contribution in [0.3, 0.4) is 0 Å². The number of likely N-dealkylation sites (N-methyl/N-ethyl adjacent to an activating group) is 1. The van der Waals surface area contributed by atoms with Crippen molar-refractivity contribution in [1.29, 1.82) is 0 Å². The van der Waals surface area contributed by atoms with Gasteiger partial charge in [0.1, 0.15) is 0 Å². The van der Waals surface area contributed by atoms with Crippen LogP contribution in [0.4, 0.5) is 4.79 Å². The summed E-state index contributed by atoms with van der Waals surface area (Å²) < 4.78 is 0. The smallest absolute Gasteiger partial charge is 0.320 e. The molecule has 1 aromatic rings. The monoisotopic (exact) mass is 305 g/mol. The zero-order chi connectivity index (χ0) is 16.8. The minimum atomic E-state index is -0.309. The molecule has 1 heterocycles. The normalized spacial score (nSPS) is 17.7. The molecule has 1 atom stereocenters. The lowest BCUT2D eigenvalue weighted by atomic mass is 9.93. The number of hydrogen-bond donors (Lipinski definition) is 1. The number of carbonyl (C=O) groups excluding carboxylic acids is 1. The molecule has 1 aromatic carbocycles. The number of urea groups is 1. The van der Waals surface area contributed by atoms with E-state index in [0.29, 0.717) is 6.04 Å². The number of amides is 2. The van der Waals surface area contributed by atoms with Gasteiger partial charge in [-0.2, -0.15) is 0 Å². The van der Waals surface area contributed by atoms with Crippen molar-refractivity contribution in [3.63, 3.8) is 0 Å². The lowest BCUT2D eigenvalue weighted by Crippen LogP contribution is -2.49. The Hall–Kier alpha value is -1.55. The minimum absolute atomic E-state index is 0.108. The Bertz CT molecular complexity index is 459. The van der Waals surface area contributed by atoms with Crippen molar-refractivity contribution in [3.05, 3.63) is 35.9 Å². The van der Waals surface area contributed by atoms with Crippen molar-refractivity contribution in [3.8, 4) is 0 Å². The first-order valence-electron chi connectivity index (χ1n) is 8.22. The third-order valence-corrected chi connectivity index (χ3v) is 4.47. The van der Waals surface area contributed by atoms with Gasteiger partial charge in [-0.15, -0.1) is 0 Å². The molecule has 1 aliphatic heterocycles. The van der Waals surface area contributed by atoms with E-state index in [9.17, 15) is 4.79 Å². The van der Waals surface area contributed by atoms with E-state index in [4.69, 9.17) is 0 Å². The van der Waals surface area contributed by atoms with Gasteiger partial charge in [-0.05, 0) is 32.9 Å². The second kappa shape index (κ2) is 8.18. The highest BCUT2D eigenvalue weighted by molar-refractivity contribution is 5.75. The number of hydrogen-bond acceptors (Lipinski definition) is 2. The summed E-state index contributed by atoms with van der Waals surface area (Å²) in [4.78, 5) is 16.4. The van der Waals surface area contributed by atoms with E-state index in [2.05, 4.69) is 31.3 Å². The summed E-state index contributed by atoms with van der Waals surface area (Å²) in [6.07, 6.45) is 1.03. The zero-order valence-electron chi connectivity index (χ0n) is 14.9. The molecular formula is C18H31N3O. The Labute approximate surface area is 135 Å². The summed E-state index contributed by atoms with van der Waals surface area (Å²) in [5, 5.41) is 3.25. The van der Waals surface area contributed by atoms with E-state index in [1.807, 2.05) is 55.9 Å². The van der Waals surface area contributed by atoms with E-state index in [1.54, 1.807) is 0 Å². The van der Waals surface area contributed by atoms with E-state index < -0.39 is 0 Å². The second-order valence-corrected chi connectivity index (χ2v) is 5.99. The molecule has 124 valence electrons. The van der Waals surface area contributed by atoms with Crippen LogP contribution in [0.5, 0.6) is 0 Å². The quantitative estimate of drug-likeness (QED) is 0.930. The number of nitrogens with one attached hydrogen (secondary N) is 1. The Morgan fingerprint density at radius 2 is 1.86 bits per heavy atom. The highest BCUT2D eigenvalue weighted by Gasteiger charge is 2.34. The average molecular weight is 305 g/mol. The molecule has 2 amide bonds. The first-order chi connectivity index (χ1) is 10.5. The Morgan fingerprint density at radius 3 is 2.36 bits per heavy atom. The highest BCUT2D eigenvalue weighted by Crippen LogP contribution is 2.28. The van der Waals surface area contributed by atoms with Crippen molar-refractivity contribution < 1.29 is 4.79 Å². The summed E-state index contributed by atoms with van der Waals surface area (Å²) in [6, 6.07) is 10.7. The fourth-order valence-electron chi connectivity index (χ4n) is 2.66. The number of rotatable bonds is 3. The molecule has 0 spiro atoms. The van der Waals surface area contributed by atoms with Crippen LogP contribution in [0.2, 0.25) is 0 Å². The number of carbonyl (C=O) groups is 1. The van der Waals surface area contributed by atoms with Crippen molar-refractivity contribution in [2.75, 3.05) is 27.2 Å². The lowest BCUT2D eigenvalue weighted by Gasteiger charge is -2.38. The molecule has 2 rings (SSSR count). The minimum Gasteiger partial charge on any atom is -0.323 e. The van der Waals surface area contributed by atoms with Gasteiger partial charge in [-0.3, -0.25) is 0 Å². The maximum atomic E-state index is 12.7. The molecule has 0 aliphatic carbocycles. The van der Waals surface area contributed by atoms with E-state index in [-0.39, 0.29) is 11.6 Å². The molecule has 0 aromatic heterocycles.